The van der Waals surface area contributed by atoms with Crippen LogP contribution < -0.4 is 10.0 Å². The molecule has 0 radical (unpaired) electrons. The molecule has 0 atom stereocenters. The van der Waals surface area contributed by atoms with Crippen LogP contribution in [-0.4, -0.2) is 25.0 Å². The molecule has 0 spiro atoms. The van der Waals surface area contributed by atoms with Crippen molar-refractivity contribution in [1.29, 1.82) is 0 Å². The van der Waals surface area contributed by atoms with Gasteiger partial charge in [0.2, 0.25) is 10.0 Å². The van der Waals surface area contributed by atoms with Gasteiger partial charge in [0, 0.05) is 30.0 Å². The first-order chi connectivity index (χ1) is 8.66. The third kappa shape index (κ3) is 4.97. The van der Waals surface area contributed by atoms with Gasteiger partial charge in [-0.2, -0.15) is 0 Å². The number of sulfonamides is 1. The molecule has 0 unspecified atom stereocenters. The number of H-pyrrole nitrogens is 1. The molecule has 0 amide bonds. The van der Waals surface area contributed by atoms with Crippen LogP contribution in [0.25, 0.3) is 0 Å². The molecular weight excluding hydrogens is 262 g/mol. The summed E-state index contributed by atoms with van der Waals surface area (Å²) < 4.78 is 27.1. The highest BCUT2D eigenvalue weighted by atomic mass is 32.2. The second-order valence-electron chi connectivity index (χ2n) is 5.74. The monoisotopic (exact) mass is 287 g/mol. The summed E-state index contributed by atoms with van der Waals surface area (Å²) in [7, 11) is -3.46. The third-order valence-corrected chi connectivity index (χ3v) is 4.70. The van der Waals surface area contributed by atoms with Crippen molar-refractivity contribution in [3.05, 3.63) is 18.0 Å². The van der Waals surface area contributed by atoms with Crippen molar-refractivity contribution in [2.24, 2.45) is 0 Å². The van der Waals surface area contributed by atoms with E-state index in [0.717, 1.165) is 12.1 Å². The highest BCUT2D eigenvalue weighted by Crippen LogP contribution is 2.16. The lowest BCUT2D eigenvalue weighted by Crippen LogP contribution is -2.42. The summed E-state index contributed by atoms with van der Waals surface area (Å²) >= 11 is 0. The van der Waals surface area contributed by atoms with Gasteiger partial charge in [-0.3, -0.25) is 0 Å². The van der Waals surface area contributed by atoms with E-state index in [1.54, 1.807) is 6.07 Å². The number of aromatic nitrogens is 1. The van der Waals surface area contributed by atoms with Crippen LogP contribution in [0.4, 0.5) is 0 Å². The maximum absolute atomic E-state index is 12.2. The molecule has 0 fully saturated rings. The van der Waals surface area contributed by atoms with Crippen LogP contribution in [0, 0.1) is 0 Å². The van der Waals surface area contributed by atoms with Crippen molar-refractivity contribution in [3.8, 4) is 0 Å². The smallest absolute Gasteiger partial charge is 0.242 e. The molecule has 0 aliphatic rings. The number of rotatable bonds is 7. The van der Waals surface area contributed by atoms with Crippen molar-refractivity contribution in [1.82, 2.24) is 15.0 Å². The lowest BCUT2D eigenvalue weighted by atomic mass is 10.0. The van der Waals surface area contributed by atoms with Crippen molar-refractivity contribution in [2.75, 3.05) is 0 Å². The maximum atomic E-state index is 12.2. The molecule has 0 saturated heterocycles. The van der Waals surface area contributed by atoms with E-state index in [4.69, 9.17) is 0 Å². The molecule has 1 heterocycles. The SMILES string of the molecule is CCC(C)(C)NS(=O)(=O)c1c[nH]c(CNC(C)C)c1. The molecule has 0 aliphatic heterocycles. The summed E-state index contributed by atoms with van der Waals surface area (Å²) in [6, 6.07) is 2.03. The van der Waals surface area contributed by atoms with Crippen LogP contribution >= 0.6 is 0 Å². The number of hydrogen-bond acceptors (Lipinski definition) is 3. The lowest BCUT2D eigenvalue weighted by Gasteiger charge is -2.23. The van der Waals surface area contributed by atoms with E-state index >= 15 is 0 Å². The topological polar surface area (TPSA) is 74.0 Å². The molecule has 19 heavy (non-hydrogen) atoms. The Morgan fingerprint density at radius 1 is 1.37 bits per heavy atom. The molecule has 6 heteroatoms. The molecular formula is C13H25N3O2S. The van der Waals surface area contributed by atoms with Gasteiger partial charge in [0.05, 0.1) is 4.90 Å². The van der Waals surface area contributed by atoms with Crippen LogP contribution in [0.1, 0.15) is 46.7 Å². The summed E-state index contributed by atoms with van der Waals surface area (Å²) in [6.45, 7) is 10.4. The minimum Gasteiger partial charge on any atom is -0.363 e. The van der Waals surface area contributed by atoms with E-state index in [9.17, 15) is 8.42 Å². The molecule has 1 rings (SSSR count). The van der Waals surface area contributed by atoms with Crippen LogP contribution in [0.5, 0.6) is 0 Å². The minimum absolute atomic E-state index is 0.287. The molecule has 110 valence electrons. The first kappa shape index (κ1) is 16.2. The highest BCUT2D eigenvalue weighted by Gasteiger charge is 2.25. The molecule has 3 N–H and O–H groups in total. The van der Waals surface area contributed by atoms with Crippen molar-refractivity contribution in [2.45, 2.75) is 64.1 Å². The van der Waals surface area contributed by atoms with E-state index in [1.165, 1.54) is 6.20 Å². The fraction of sp³-hybridized carbons (Fsp3) is 0.692. The van der Waals surface area contributed by atoms with E-state index in [1.807, 2.05) is 34.6 Å². The Labute approximate surface area is 116 Å². The van der Waals surface area contributed by atoms with E-state index in [0.29, 0.717) is 12.6 Å². The summed E-state index contributed by atoms with van der Waals surface area (Å²) in [4.78, 5) is 3.28. The highest BCUT2D eigenvalue weighted by molar-refractivity contribution is 7.89. The van der Waals surface area contributed by atoms with Gasteiger partial charge >= 0.3 is 0 Å². The predicted octanol–water partition coefficient (Wildman–Crippen LogP) is 1.98. The van der Waals surface area contributed by atoms with Crippen molar-refractivity contribution < 1.29 is 8.42 Å². The van der Waals surface area contributed by atoms with Gasteiger partial charge in [0.1, 0.15) is 0 Å². The zero-order valence-corrected chi connectivity index (χ0v) is 13.2. The Balaban J connectivity index is 2.80. The Bertz CT molecular complexity index is 504. The lowest BCUT2D eigenvalue weighted by molar-refractivity contribution is 0.439. The number of aromatic amines is 1. The summed E-state index contributed by atoms with van der Waals surface area (Å²) in [5.41, 5.74) is 0.426. The van der Waals surface area contributed by atoms with Gasteiger partial charge in [-0.1, -0.05) is 20.8 Å². The second kappa shape index (κ2) is 6.07. The van der Waals surface area contributed by atoms with Gasteiger partial charge in [-0.25, -0.2) is 13.1 Å². The van der Waals surface area contributed by atoms with Gasteiger partial charge in [-0.15, -0.1) is 0 Å². The Kier molecular flexibility index (Phi) is 5.18. The third-order valence-electron chi connectivity index (χ3n) is 3.02. The predicted molar refractivity (Wildman–Crippen MR) is 77.5 cm³/mol. The second-order valence-corrected chi connectivity index (χ2v) is 7.42. The zero-order chi connectivity index (χ0) is 14.7. The standard InChI is InChI=1S/C13H25N3O2S/c1-6-13(4,5)16-19(17,18)12-7-11(15-9-12)8-14-10(2)3/h7,9-10,14-16H,6,8H2,1-5H3. The molecule has 0 saturated carbocycles. The molecule has 1 aromatic rings. The zero-order valence-electron chi connectivity index (χ0n) is 12.4. The van der Waals surface area contributed by atoms with Crippen LogP contribution in [0.2, 0.25) is 0 Å². The summed E-state index contributed by atoms with van der Waals surface area (Å²) in [5, 5.41) is 3.24. The Morgan fingerprint density at radius 2 is 2.00 bits per heavy atom. The Hall–Kier alpha value is -0.850. The fourth-order valence-electron chi connectivity index (χ4n) is 1.49. The molecule has 1 aromatic heterocycles. The van der Waals surface area contributed by atoms with E-state index < -0.39 is 15.6 Å². The van der Waals surface area contributed by atoms with Crippen molar-refractivity contribution >= 4 is 10.0 Å². The normalized spacial score (nSPS) is 13.2. The quantitative estimate of drug-likeness (QED) is 0.718. The number of nitrogens with one attached hydrogen (secondary N) is 3. The van der Waals surface area contributed by atoms with Crippen molar-refractivity contribution in [3.63, 3.8) is 0 Å². The molecule has 0 bridgehead atoms. The van der Waals surface area contributed by atoms with Gasteiger partial charge in [-0.05, 0) is 26.3 Å². The van der Waals surface area contributed by atoms with Gasteiger partial charge in [0.15, 0.2) is 0 Å². The van der Waals surface area contributed by atoms with Crippen LogP contribution in [0.3, 0.4) is 0 Å². The largest absolute Gasteiger partial charge is 0.363 e. The minimum atomic E-state index is -3.46. The average molecular weight is 287 g/mol. The van der Waals surface area contributed by atoms with Gasteiger partial charge in [0.25, 0.3) is 0 Å². The average Bonchev–Trinajstić information content (AvgIpc) is 2.74. The summed E-state index contributed by atoms with van der Waals surface area (Å²) in [6.07, 6.45) is 2.27. The van der Waals surface area contributed by atoms with Gasteiger partial charge < -0.3 is 10.3 Å². The van der Waals surface area contributed by atoms with Crippen LogP contribution in [-0.2, 0) is 16.6 Å². The molecule has 0 aliphatic carbocycles. The summed E-state index contributed by atoms with van der Waals surface area (Å²) in [5.74, 6) is 0. The van der Waals surface area contributed by atoms with E-state index in [2.05, 4.69) is 15.0 Å². The maximum Gasteiger partial charge on any atom is 0.242 e. The van der Waals surface area contributed by atoms with E-state index in [-0.39, 0.29) is 4.90 Å². The van der Waals surface area contributed by atoms with Crippen LogP contribution in [0.15, 0.2) is 17.2 Å². The first-order valence-corrected chi connectivity index (χ1v) is 8.09. The Morgan fingerprint density at radius 3 is 2.53 bits per heavy atom. The number of hydrogen-bond donors (Lipinski definition) is 3. The fourth-order valence-corrected chi connectivity index (χ4v) is 2.99. The molecule has 5 nitrogen and oxygen atoms in total. The molecule has 0 aromatic carbocycles. The first-order valence-electron chi connectivity index (χ1n) is 6.61.